The zero-order chi connectivity index (χ0) is 13.0. The fourth-order valence-corrected chi connectivity index (χ4v) is 2.20. The van der Waals surface area contributed by atoms with Gasteiger partial charge < -0.3 is 15.3 Å². The molecule has 2 heterocycles. The molecule has 1 fully saturated rings. The van der Waals surface area contributed by atoms with Gasteiger partial charge in [0.15, 0.2) is 0 Å². The molecule has 2 unspecified atom stereocenters. The molecule has 2 atom stereocenters. The number of nitrogens with zero attached hydrogens (tertiary/aromatic N) is 2. The number of aliphatic hydroxyl groups is 1. The average Bonchev–Trinajstić information content (AvgIpc) is 2.39. The van der Waals surface area contributed by atoms with Crippen LogP contribution in [0.1, 0.15) is 18.9 Å². The maximum absolute atomic E-state index is 12.3. The van der Waals surface area contributed by atoms with Crippen LogP contribution in [0, 0.1) is 0 Å². The van der Waals surface area contributed by atoms with Crippen molar-refractivity contribution in [3.8, 4) is 0 Å². The molecule has 0 saturated carbocycles. The molecule has 0 aromatic carbocycles. The van der Waals surface area contributed by atoms with Crippen LogP contribution in [-0.4, -0.2) is 46.1 Å². The minimum Gasteiger partial charge on any atom is -0.396 e. The minimum absolute atomic E-state index is 0.0263. The largest absolute Gasteiger partial charge is 0.396 e. The van der Waals surface area contributed by atoms with Crippen molar-refractivity contribution in [1.82, 2.24) is 15.2 Å². The molecule has 0 aliphatic carbocycles. The number of carbonyl (C=O) groups is 1. The highest BCUT2D eigenvalue weighted by Crippen LogP contribution is 2.14. The first kappa shape index (κ1) is 13.0. The van der Waals surface area contributed by atoms with Crippen molar-refractivity contribution >= 4 is 5.91 Å². The third-order valence-corrected chi connectivity index (χ3v) is 3.27. The highest BCUT2D eigenvalue weighted by Gasteiger charge is 2.32. The van der Waals surface area contributed by atoms with Crippen molar-refractivity contribution in [2.75, 3.05) is 13.2 Å². The topological polar surface area (TPSA) is 65.5 Å². The smallest absolute Gasteiger partial charge is 0.240 e. The maximum atomic E-state index is 12.3. The van der Waals surface area contributed by atoms with Crippen molar-refractivity contribution in [2.45, 2.75) is 32.0 Å². The van der Waals surface area contributed by atoms with E-state index in [-0.39, 0.29) is 24.6 Å². The van der Waals surface area contributed by atoms with Crippen molar-refractivity contribution in [1.29, 1.82) is 0 Å². The average molecular weight is 249 g/mol. The Morgan fingerprint density at radius 2 is 2.44 bits per heavy atom. The number of piperazine rings is 1. The molecule has 0 spiro atoms. The summed E-state index contributed by atoms with van der Waals surface area (Å²) < 4.78 is 0. The molecule has 1 aliphatic heterocycles. The van der Waals surface area contributed by atoms with Crippen LogP contribution in [0.3, 0.4) is 0 Å². The van der Waals surface area contributed by atoms with E-state index in [9.17, 15) is 4.79 Å². The first-order chi connectivity index (χ1) is 8.72. The summed E-state index contributed by atoms with van der Waals surface area (Å²) in [6.07, 6.45) is 3.97. The van der Waals surface area contributed by atoms with Crippen molar-refractivity contribution in [3.63, 3.8) is 0 Å². The molecule has 1 aliphatic rings. The predicted octanol–water partition coefficient (Wildman–Crippen LogP) is 0.153. The Kier molecular flexibility index (Phi) is 4.28. The van der Waals surface area contributed by atoms with Gasteiger partial charge in [-0.1, -0.05) is 6.07 Å². The zero-order valence-corrected chi connectivity index (χ0v) is 10.5. The van der Waals surface area contributed by atoms with Gasteiger partial charge in [-0.15, -0.1) is 0 Å². The standard InChI is InChI=1S/C13H19N3O2/c1-10-7-15-12(4-6-17)13(18)16(10)9-11-3-2-5-14-8-11/h2-3,5,8,10,12,15,17H,4,6-7,9H2,1H3. The van der Waals surface area contributed by atoms with E-state index in [2.05, 4.69) is 10.3 Å². The Morgan fingerprint density at radius 3 is 3.11 bits per heavy atom. The quantitative estimate of drug-likeness (QED) is 0.797. The SMILES string of the molecule is CC1CNC(CCO)C(=O)N1Cc1cccnc1. The Hall–Kier alpha value is -1.46. The van der Waals surface area contributed by atoms with Crippen LogP contribution in [0.15, 0.2) is 24.5 Å². The number of aliphatic hydroxyl groups excluding tert-OH is 1. The molecule has 1 aromatic heterocycles. The number of carbonyl (C=O) groups excluding carboxylic acids is 1. The van der Waals surface area contributed by atoms with E-state index < -0.39 is 0 Å². The van der Waals surface area contributed by atoms with Gasteiger partial charge in [-0.05, 0) is 25.0 Å². The van der Waals surface area contributed by atoms with Gasteiger partial charge in [0.25, 0.3) is 0 Å². The Balaban J connectivity index is 2.07. The third-order valence-electron chi connectivity index (χ3n) is 3.27. The zero-order valence-electron chi connectivity index (χ0n) is 10.5. The lowest BCUT2D eigenvalue weighted by atomic mass is 10.1. The molecule has 0 radical (unpaired) electrons. The van der Waals surface area contributed by atoms with E-state index in [0.29, 0.717) is 13.0 Å². The van der Waals surface area contributed by atoms with Gasteiger partial charge in [0.05, 0.1) is 6.04 Å². The number of hydrogen-bond acceptors (Lipinski definition) is 4. The van der Waals surface area contributed by atoms with Gasteiger partial charge in [0.1, 0.15) is 0 Å². The second kappa shape index (κ2) is 5.93. The normalized spacial score (nSPS) is 24.3. The molecule has 5 nitrogen and oxygen atoms in total. The fourth-order valence-electron chi connectivity index (χ4n) is 2.20. The van der Waals surface area contributed by atoms with E-state index in [1.54, 1.807) is 12.4 Å². The van der Waals surface area contributed by atoms with Crippen molar-refractivity contribution in [3.05, 3.63) is 30.1 Å². The van der Waals surface area contributed by atoms with E-state index in [4.69, 9.17) is 5.11 Å². The molecule has 98 valence electrons. The number of aromatic nitrogens is 1. The number of hydrogen-bond donors (Lipinski definition) is 2. The van der Waals surface area contributed by atoms with E-state index in [1.165, 1.54) is 0 Å². The molecular weight excluding hydrogens is 230 g/mol. The lowest BCUT2D eigenvalue weighted by Gasteiger charge is -2.38. The van der Waals surface area contributed by atoms with E-state index in [0.717, 1.165) is 12.1 Å². The second-order valence-electron chi connectivity index (χ2n) is 4.65. The molecule has 18 heavy (non-hydrogen) atoms. The molecular formula is C13H19N3O2. The van der Waals surface area contributed by atoms with Crippen LogP contribution in [0.5, 0.6) is 0 Å². The Bertz CT molecular complexity index is 396. The summed E-state index contributed by atoms with van der Waals surface area (Å²) >= 11 is 0. The monoisotopic (exact) mass is 249 g/mol. The molecule has 0 bridgehead atoms. The molecule has 1 amide bonds. The van der Waals surface area contributed by atoms with Crippen molar-refractivity contribution in [2.24, 2.45) is 0 Å². The molecule has 1 saturated heterocycles. The molecule has 2 N–H and O–H groups in total. The first-order valence-electron chi connectivity index (χ1n) is 6.26. The van der Waals surface area contributed by atoms with Crippen LogP contribution in [0.2, 0.25) is 0 Å². The minimum atomic E-state index is -0.261. The summed E-state index contributed by atoms with van der Waals surface area (Å²) in [6, 6.07) is 3.74. The summed E-state index contributed by atoms with van der Waals surface area (Å²) in [6.45, 7) is 3.39. The lowest BCUT2D eigenvalue weighted by Crippen LogP contribution is -2.59. The predicted molar refractivity (Wildman–Crippen MR) is 67.7 cm³/mol. The Labute approximate surface area is 107 Å². The van der Waals surface area contributed by atoms with Gasteiger partial charge in [0, 0.05) is 38.1 Å². The maximum Gasteiger partial charge on any atom is 0.240 e. The summed E-state index contributed by atoms with van der Waals surface area (Å²) in [4.78, 5) is 18.2. The number of pyridine rings is 1. The fraction of sp³-hybridized carbons (Fsp3) is 0.538. The van der Waals surface area contributed by atoms with Crippen LogP contribution in [-0.2, 0) is 11.3 Å². The molecule has 2 rings (SSSR count). The van der Waals surface area contributed by atoms with E-state index in [1.807, 2.05) is 24.0 Å². The summed E-state index contributed by atoms with van der Waals surface area (Å²) in [5.74, 6) is 0.0617. The lowest BCUT2D eigenvalue weighted by molar-refractivity contribution is -0.139. The molecule has 1 aromatic rings. The van der Waals surface area contributed by atoms with Gasteiger partial charge in [-0.3, -0.25) is 9.78 Å². The van der Waals surface area contributed by atoms with Gasteiger partial charge in [-0.2, -0.15) is 0 Å². The first-order valence-corrected chi connectivity index (χ1v) is 6.26. The number of nitrogens with one attached hydrogen (secondary N) is 1. The van der Waals surface area contributed by atoms with Crippen LogP contribution < -0.4 is 5.32 Å². The van der Waals surface area contributed by atoms with Gasteiger partial charge >= 0.3 is 0 Å². The van der Waals surface area contributed by atoms with E-state index >= 15 is 0 Å². The van der Waals surface area contributed by atoms with Crippen molar-refractivity contribution < 1.29 is 9.90 Å². The summed E-state index contributed by atoms with van der Waals surface area (Å²) in [7, 11) is 0. The van der Waals surface area contributed by atoms with Gasteiger partial charge in [-0.25, -0.2) is 0 Å². The van der Waals surface area contributed by atoms with Crippen LogP contribution in [0.25, 0.3) is 0 Å². The highest BCUT2D eigenvalue weighted by atomic mass is 16.3. The summed E-state index contributed by atoms with van der Waals surface area (Å²) in [5, 5.41) is 12.1. The number of amides is 1. The number of rotatable bonds is 4. The molecule has 5 heteroatoms. The highest BCUT2D eigenvalue weighted by molar-refractivity contribution is 5.83. The Morgan fingerprint density at radius 1 is 1.61 bits per heavy atom. The summed E-state index contributed by atoms with van der Waals surface area (Å²) in [5.41, 5.74) is 1.03. The third kappa shape index (κ3) is 2.86. The van der Waals surface area contributed by atoms with Gasteiger partial charge in [0.2, 0.25) is 5.91 Å². The van der Waals surface area contributed by atoms with Crippen LogP contribution >= 0.6 is 0 Å². The van der Waals surface area contributed by atoms with Crippen LogP contribution in [0.4, 0.5) is 0 Å². The second-order valence-corrected chi connectivity index (χ2v) is 4.65.